The van der Waals surface area contributed by atoms with Crippen LogP contribution in [0.25, 0.3) is 0 Å². The number of likely N-dealkylation sites (tertiary alicyclic amines) is 2. The number of carbonyl (C=O) groups excluding carboxylic acids is 2. The van der Waals surface area contributed by atoms with Crippen molar-refractivity contribution in [2.45, 2.75) is 32.1 Å². The number of hydrogen-bond donors (Lipinski definition) is 0. The van der Waals surface area contributed by atoms with Gasteiger partial charge in [0.15, 0.2) is 0 Å². The second kappa shape index (κ2) is 11.3. The van der Waals surface area contributed by atoms with Crippen molar-refractivity contribution in [3.05, 3.63) is 87.8 Å². The highest BCUT2D eigenvalue weighted by atomic mass is 35.5. The topological polar surface area (TPSA) is 62.7 Å². The van der Waals surface area contributed by atoms with Gasteiger partial charge in [-0.3, -0.25) is 9.59 Å². The van der Waals surface area contributed by atoms with E-state index >= 15 is 0 Å². The lowest BCUT2D eigenvalue weighted by Gasteiger charge is -2.47. The Kier molecular flexibility index (Phi) is 7.86. The van der Waals surface area contributed by atoms with Crippen molar-refractivity contribution in [3.63, 3.8) is 0 Å². The number of carbonyl (C=O) groups is 2. The molecule has 5 rings (SSSR count). The molecule has 198 valence electrons. The fraction of sp³-hybridized carbons (Fsp3) is 0.345. The molecular formula is C29H28Cl2FN3O3. The average Bonchev–Trinajstić information content (AvgIpc) is 2.92. The molecule has 3 heterocycles. The second-order valence-electron chi connectivity index (χ2n) is 10.0. The van der Waals surface area contributed by atoms with Crippen molar-refractivity contribution in [1.82, 2.24) is 14.8 Å². The molecule has 0 atom stereocenters. The van der Waals surface area contributed by atoms with Crippen LogP contribution in [0.2, 0.25) is 10.0 Å². The minimum atomic E-state index is -0.456. The molecule has 2 aliphatic rings. The molecule has 9 heteroatoms. The summed E-state index contributed by atoms with van der Waals surface area (Å²) in [5.74, 6) is 0.426. The summed E-state index contributed by atoms with van der Waals surface area (Å²) in [4.78, 5) is 34.0. The van der Waals surface area contributed by atoms with Gasteiger partial charge in [0.2, 0.25) is 11.8 Å². The maximum Gasteiger partial charge on any atom is 0.253 e. The normalized spacial score (nSPS) is 16.9. The van der Waals surface area contributed by atoms with Gasteiger partial charge in [-0.1, -0.05) is 29.3 Å². The van der Waals surface area contributed by atoms with Gasteiger partial charge in [-0.15, -0.1) is 0 Å². The number of nitrogens with zero attached hydrogens (tertiary/aromatic N) is 3. The first-order chi connectivity index (χ1) is 18.3. The predicted octanol–water partition coefficient (Wildman–Crippen LogP) is 6.41. The quantitative estimate of drug-likeness (QED) is 0.365. The molecule has 38 heavy (non-hydrogen) atoms. The molecule has 2 fully saturated rings. The van der Waals surface area contributed by atoms with Gasteiger partial charge in [0.1, 0.15) is 11.6 Å². The van der Waals surface area contributed by atoms with Gasteiger partial charge in [-0.05, 0) is 73.6 Å². The van der Waals surface area contributed by atoms with E-state index in [9.17, 15) is 14.0 Å². The number of halogens is 3. The first-order valence-corrected chi connectivity index (χ1v) is 13.5. The van der Waals surface area contributed by atoms with Crippen LogP contribution in [0.4, 0.5) is 4.39 Å². The summed E-state index contributed by atoms with van der Waals surface area (Å²) in [7, 11) is 0. The van der Waals surface area contributed by atoms with Crippen LogP contribution in [0.3, 0.4) is 0 Å². The molecule has 0 bridgehead atoms. The molecule has 0 saturated carbocycles. The smallest absolute Gasteiger partial charge is 0.253 e. The van der Waals surface area contributed by atoms with Crippen molar-refractivity contribution in [2.75, 3.05) is 26.2 Å². The highest BCUT2D eigenvalue weighted by Gasteiger charge is 2.40. The van der Waals surface area contributed by atoms with E-state index < -0.39 is 5.82 Å². The minimum Gasteiger partial charge on any atom is -0.439 e. The van der Waals surface area contributed by atoms with Crippen LogP contribution in [0, 0.1) is 11.2 Å². The Balaban J connectivity index is 1.17. The number of piperidine rings is 2. The molecular weight excluding hydrogens is 528 g/mol. The third kappa shape index (κ3) is 5.94. The summed E-state index contributed by atoms with van der Waals surface area (Å²) in [6.45, 7) is 2.57. The number of pyridine rings is 1. The van der Waals surface area contributed by atoms with Crippen molar-refractivity contribution in [3.8, 4) is 11.6 Å². The van der Waals surface area contributed by atoms with Crippen LogP contribution in [-0.4, -0.2) is 52.8 Å². The fourth-order valence-corrected chi connectivity index (χ4v) is 5.72. The zero-order valence-electron chi connectivity index (χ0n) is 20.8. The lowest BCUT2D eigenvalue weighted by molar-refractivity contribution is -0.133. The maximum atomic E-state index is 14.1. The Labute approximate surface area is 231 Å². The van der Waals surface area contributed by atoms with Crippen molar-refractivity contribution in [2.24, 2.45) is 5.41 Å². The third-order valence-electron chi connectivity index (χ3n) is 7.54. The van der Waals surface area contributed by atoms with Gasteiger partial charge < -0.3 is 14.5 Å². The second-order valence-corrected chi connectivity index (χ2v) is 10.9. The number of benzene rings is 2. The monoisotopic (exact) mass is 555 g/mol. The van der Waals surface area contributed by atoms with E-state index in [4.69, 9.17) is 27.9 Å². The van der Waals surface area contributed by atoms with E-state index in [1.165, 1.54) is 18.3 Å². The molecule has 3 aromatic rings. The molecule has 1 spiro atoms. The number of amides is 2. The highest BCUT2D eigenvalue weighted by Crippen LogP contribution is 2.40. The van der Waals surface area contributed by atoms with Gasteiger partial charge in [0, 0.05) is 54.6 Å². The Bertz CT molecular complexity index is 1290. The van der Waals surface area contributed by atoms with Crippen LogP contribution in [0.1, 0.15) is 41.6 Å². The van der Waals surface area contributed by atoms with Crippen LogP contribution in [-0.2, 0) is 11.2 Å². The van der Waals surface area contributed by atoms with E-state index in [0.717, 1.165) is 25.7 Å². The van der Waals surface area contributed by atoms with E-state index in [2.05, 4.69) is 4.98 Å². The van der Waals surface area contributed by atoms with E-state index in [-0.39, 0.29) is 34.2 Å². The predicted molar refractivity (Wildman–Crippen MR) is 144 cm³/mol. The standard InChI is InChI=1S/C29H28Cl2FN3O3/c30-21-7-10-26(33-18-21)38-22-8-5-20(6-9-22)28(37)35-14-2-11-29(19-35)12-15-34(16-13-29)27(36)17-23-24(31)3-1-4-25(23)32/h1,3-10,18H,2,11-17,19H2. The van der Waals surface area contributed by atoms with E-state index in [0.29, 0.717) is 48.4 Å². The molecule has 1 aromatic heterocycles. The molecule has 0 N–H and O–H groups in total. The van der Waals surface area contributed by atoms with Gasteiger partial charge in [-0.2, -0.15) is 0 Å². The Morgan fingerprint density at radius 2 is 1.71 bits per heavy atom. The SMILES string of the molecule is O=C(Cc1c(F)cccc1Cl)N1CCC2(CCCN(C(=O)c3ccc(Oc4ccc(Cl)cn4)cc3)C2)CC1. The van der Waals surface area contributed by atoms with Crippen molar-refractivity contribution < 1.29 is 18.7 Å². The lowest BCUT2D eigenvalue weighted by Crippen LogP contribution is -2.52. The van der Waals surface area contributed by atoms with Gasteiger partial charge in [0.25, 0.3) is 5.91 Å². The van der Waals surface area contributed by atoms with Crippen LogP contribution in [0.5, 0.6) is 11.6 Å². The number of rotatable bonds is 5. The van der Waals surface area contributed by atoms with Crippen LogP contribution < -0.4 is 4.74 Å². The molecule has 6 nitrogen and oxygen atoms in total. The fourth-order valence-electron chi connectivity index (χ4n) is 5.38. The Hall–Kier alpha value is -3.16. The number of ether oxygens (including phenoxy) is 1. The maximum absolute atomic E-state index is 14.1. The molecule has 0 aliphatic carbocycles. The molecule has 2 saturated heterocycles. The van der Waals surface area contributed by atoms with Crippen molar-refractivity contribution >= 4 is 35.0 Å². The average molecular weight is 556 g/mol. The van der Waals surface area contributed by atoms with Gasteiger partial charge >= 0.3 is 0 Å². The molecule has 2 aliphatic heterocycles. The summed E-state index contributed by atoms with van der Waals surface area (Å²) in [6, 6.07) is 14.9. The lowest BCUT2D eigenvalue weighted by atomic mass is 9.72. The van der Waals surface area contributed by atoms with E-state index in [1.807, 2.05) is 4.90 Å². The zero-order chi connectivity index (χ0) is 26.7. The van der Waals surface area contributed by atoms with Gasteiger partial charge in [-0.25, -0.2) is 9.37 Å². The molecule has 2 aromatic carbocycles. The summed E-state index contributed by atoms with van der Waals surface area (Å²) < 4.78 is 19.9. The van der Waals surface area contributed by atoms with Gasteiger partial charge in [0.05, 0.1) is 11.4 Å². The summed E-state index contributed by atoms with van der Waals surface area (Å²) in [5, 5.41) is 0.803. The molecule has 0 radical (unpaired) electrons. The summed E-state index contributed by atoms with van der Waals surface area (Å²) in [5.41, 5.74) is 0.839. The zero-order valence-corrected chi connectivity index (χ0v) is 22.3. The third-order valence-corrected chi connectivity index (χ3v) is 8.12. The summed E-state index contributed by atoms with van der Waals surface area (Å²) in [6.07, 6.45) is 5.05. The Morgan fingerprint density at radius 1 is 0.947 bits per heavy atom. The number of aromatic nitrogens is 1. The molecule has 0 unspecified atom stereocenters. The minimum absolute atomic E-state index is 0.00653. The first kappa shape index (κ1) is 26.4. The van der Waals surface area contributed by atoms with Crippen LogP contribution >= 0.6 is 23.2 Å². The van der Waals surface area contributed by atoms with Crippen molar-refractivity contribution in [1.29, 1.82) is 0 Å². The largest absolute Gasteiger partial charge is 0.439 e. The van der Waals surface area contributed by atoms with E-state index in [1.54, 1.807) is 47.4 Å². The first-order valence-electron chi connectivity index (χ1n) is 12.7. The van der Waals surface area contributed by atoms with Crippen LogP contribution in [0.15, 0.2) is 60.8 Å². The Morgan fingerprint density at radius 3 is 2.39 bits per heavy atom. The summed E-state index contributed by atoms with van der Waals surface area (Å²) >= 11 is 12.0. The number of hydrogen-bond acceptors (Lipinski definition) is 4. The molecule has 2 amide bonds. The highest BCUT2D eigenvalue weighted by molar-refractivity contribution is 6.31.